The van der Waals surface area contributed by atoms with Crippen LogP contribution in [0.3, 0.4) is 0 Å². The van der Waals surface area contributed by atoms with Crippen molar-refractivity contribution >= 4 is 43.2 Å². The van der Waals surface area contributed by atoms with Gasteiger partial charge in [-0.05, 0) is 60.7 Å². The van der Waals surface area contributed by atoms with E-state index in [0.29, 0.717) is 11.3 Å². The summed E-state index contributed by atoms with van der Waals surface area (Å²) in [5, 5.41) is 3.75. The standard InChI is InChI=1S/C22H19N3O3S2/c1-25(2)30(27,28)18-13-9-15(10-14-18)21(26)23-17-11-7-16(8-12-17)22-24-19-5-3-4-6-20(19)29-22/h3-14H,1-2H3,(H,23,26). The summed E-state index contributed by atoms with van der Waals surface area (Å²) in [7, 11) is -0.590. The topological polar surface area (TPSA) is 79.4 Å². The van der Waals surface area contributed by atoms with Crippen LogP contribution in [0.1, 0.15) is 10.4 Å². The number of rotatable bonds is 5. The number of benzene rings is 3. The van der Waals surface area contributed by atoms with Gasteiger partial charge in [-0.25, -0.2) is 17.7 Å². The maximum absolute atomic E-state index is 12.5. The number of fused-ring (bicyclic) bond motifs is 1. The van der Waals surface area contributed by atoms with Crippen molar-refractivity contribution in [2.24, 2.45) is 0 Å². The van der Waals surface area contributed by atoms with E-state index < -0.39 is 10.0 Å². The molecule has 0 unspecified atom stereocenters. The summed E-state index contributed by atoms with van der Waals surface area (Å²) in [5.74, 6) is -0.309. The molecular formula is C22H19N3O3S2. The minimum Gasteiger partial charge on any atom is -0.322 e. The fourth-order valence-corrected chi connectivity index (χ4v) is 4.76. The monoisotopic (exact) mass is 437 g/mol. The van der Waals surface area contributed by atoms with Crippen molar-refractivity contribution in [3.63, 3.8) is 0 Å². The Kier molecular flexibility index (Phi) is 5.38. The van der Waals surface area contributed by atoms with Crippen LogP contribution in [0.5, 0.6) is 0 Å². The van der Waals surface area contributed by atoms with Crippen molar-refractivity contribution in [2.45, 2.75) is 4.90 Å². The summed E-state index contributed by atoms with van der Waals surface area (Å²) in [5.41, 5.74) is 2.97. The quantitative estimate of drug-likeness (QED) is 0.500. The third-order valence-corrected chi connectivity index (χ3v) is 7.49. The fourth-order valence-electron chi connectivity index (χ4n) is 2.88. The number of sulfonamides is 1. The number of amides is 1. The average Bonchev–Trinajstić information content (AvgIpc) is 3.18. The number of thiazole rings is 1. The van der Waals surface area contributed by atoms with Crippen LogP contribution in [0.4, 0.5) is 5.69 Å². The fraction of sp³-hybridized carbons (Fsp3) is 0.0909. The van der Waals surface area contributed by atoms with Gasteiger partial charge in [-0.2, -0.15) is 0 Å². The van der Waals surface area contributed by atoms with Crippen molar-refractivity contribution in [1.82, 2.24) is 9.29 Å². The minimum atomic E-state index is -3.52. The molecule has 0 fully saturated rings. The third kappa shape index (κ3) is 3.97. The van der Waals surface area contributed by atoms with E-state index in [4.69, 9.17) is 0 Å². The molecule has 0 aliphatic carbocycles. The molecule has 0 atom stereocenters. The van der Waals surface area contributed by atoms with Gasteiger partial charge in [-0.3, -0.25) is 4.79 Å². The van der Waals surface area contributed by atoms with Crippen molar-refractivity contribution < 1.29 is 13.2 Å². The lowest BCUT2D eigenvalue weighted by molar-refractivity contribution is 0.102. The second kappa shape index (κ2) is 7.98. The second-order valence-electron chi connectivity index (χ2n) is 6.83. The molecule has 1 aromatic heterocycles. The third-order valence-electron chi connectivity index (χ3n) is 4.58. The van der Waals surface area contributed by atoms with Crippen LogP contribution >= 0.6 is 11.3 Å². The van der Waals surface area contributed by atoms with Crippen LogP contribution < -0.4 is 5.32 Å². The average molecular weight is 438 g/mol. The molecule has 30 heavy (non-hydrogen) atoms. The van der Waals surface area contributed by atoms with Gasteiger partial charge in [0.1, 0.15) is 5.01 Å². The van der Waals surface area contributed by atoms with Gasteiger partial charge in [0, 0.05) is 30.9 Å². The van der Waals surface area contributed by atoms with Gasteiger partial charge in [0.2, 0.25) is 10.0 Å². The maximum Gasteiger partial charge on any atom is 0.255 e. The summed E-state index contributed by atoms with van der Waals surface area (Å²) < 4.78 is 26.5. The van der Waals surface area contributed by atoms with Crippen LogP contribution in [0.25, 0.3) is 20.8 Å². The molecule has 8 heteroatoms. The largest absolute Gasteiger partial charge is 0.322 e. The Bertz CT molecular complexity index is 1280. The zero-order valence-electron chi connectivity index (χ0n) is 16.4. The summed E-state index contributed by atoms with van der Waals surface area (Å²) in [6.07, 6.45) is 0. The van der Waals surface area contributed by atoms with E-state index in [1.165, 1.54) is 38.4 Å². The predicted molar refractivity (Wildman–Crippen MR) is 120 cm³/mol. The van der Waals surface area contributed by atoms with E-state index >= 15 is 0 Å². The van der Waals surface area contributed by atoms with Crippen LogP contribution in [0.15, 0.2) is 77.7 Å². The smallest absolute Gasteiger partial charge is 0.255 e. The number of aromatic nitrogens is 1. The number of nitrogens with zero attached hydrogens (tertiary/aromatic N) is 2. The molecular weight excluding hydrogens is 418 g/mol. The van der Waals surface area contributed by atoms with Crippen LogP contribution in [-0.4, -0.2) is 37.7 Å². The number of hydrogen-bond donors (Lipinski definition) is 1. The molecule has 1 amide bonds. The van der Waals surface area contributed by atoms with Gasteiger partial charge in [0.15, 0.2) is 0 Å². The van der Waals surface area contributed by atoms with Crippen molar-refractivity contribution in [3.05, 3.63) is 78.4 Å². The first-order valence-corrected chi connectivity index (χ1v) is 11.4. The van der Waals surface area contributed by atoms with E-state index in [0.717, 1.165) is 25.1 Å². The summed E-state index contributed by atoms with van der Waals surface area (Å²) in [6, 6.07) is 21.3. The highest BCUT2D eigenvalue weighted by atomic mass is 32.2. The highest BCUT2D eigenvalue weighted by Gasteiger charge is 2.17. The highest BCUT2D eigenvalue weighted by molar-refractivity contribution is 7.89. The van der Waals surface area contributed by atoms with Crippen molar-refractivity contribution in [2.75, 3.05) is 19.4 Å². The zero-order chi connectivity index (χ0) is 21.3. The van der Waals surface area contributed by atoms with Crippen LogP contribution in [-0.2, 0) is 10.0 Å². The Morgan fingerprint density at radius 2 is 1.60 bits per heavy atom. The van der Waals surface area contributed by atoms with Crippen molar-refractivity contribution in [3.8, 4) is 10.6 Å². The van der Waals surface area contributed by atoms with Gasteiger partial charge < -0.3 is 5.32 Å². The number of carbonyl (C=O) groups excluding carboxylic acids is 1. The van der Waals surface area contributed by atoms with Crippen molar-refractivity contribution in [1.29, 1.82) is 0 Å². The molecule has 4 rings (SSSR count). The number of nitrogens with one attached hydrogen (secondary N) is 1. The Morgan fingerprint density at radius 1 is 0.933 bits per heavy atom. The molecule has 1 N–H and O–H groups in total. The lowest BCUT2D eigenvalue weighted by atomic mass is 10.2. The Hall–Kier alpha value is -3.07. The van der Waals surface area contributed by atoms with E-state index in [2.05, 4.69) is 10.3 Å². The van der Waals surface area contributed by atoms with E-state index in [1.807, 2.05) is 48.5 Å². The van der Waals surface area contributed by atoms with E-state index in [1.54, 1.807) is 11.3 Å². The van der Waals surface area contributed by atoms with Gasteiger partial charge >= 0.3 is 0 Å². The maximum atomic E-state index is 12.5. The number of anilines is 1. The van der Waals surface area contributed by atoms with Gasteiger partial charge in [0.05, 0.1) is 15.1 Å². The summed E-state index contributed by atoms with van der Waals surface area (Å²) in [4.78, 5) is 17.3. The summed E-state index contributed by atoms with van der Waals surface area (Å²) >= 11 is 1.62. The van der Waals surface area contributed by atoms with E-state index in [9.17, 15) is 13.2 Å². The summed E-state index contributed by atoms with van der Waals surface area (Å²) in [6.45, 7) is 0. The molecule has 6 nitrogen and oxygen atoms in total. The van der Waals surface area contributed by atoms with Gasteiger partial charge in [-0.1, -0.05) is 12.1 Å². The molecule has 0 aliphatic heterocycles. The molecule has 0 aliphatic rings. The Balaban J connectivity index is 1.48. The first-order chi connectivity index (χ1) is 14.3. The first kappa shape index (κ1) is 20.2. The molecule has 0 saturated heterocycles. The minimum absolute atomic E-state index is 0.143. The SMILES string of the molecule is CN(C)S(=O)(=O)c1ccc(C(=O)Nc2ccc(-c3nc4ccccc4s3)cc2)cc1. The molecule has 152 valence electrons. The van der Waals surface area contributed by atoms with Crippen LogP contribution in [0.2, 0.25) is 0 Å². The molecule has 3 aromatic carbocycles. The predicted octanol–water partition coefficient (Wildman–Crippen LogP) is 4.47. The Morgan fingerprint density at radius 3 is 2.23 bits per heavy atom. The van der Waals surface area contributed by atoms with Crippen LogP contribution in [0, 0.1) is 0 Å². The highest BCUT2D eigenvalue weighted by Crippen LogP contribution is 2.30. The molecule has 4 aromatic rings. The molecule has 1 heterocycles. The molecule has 0 radical (unpaired) electrons. The van der Waals surface area contributed by atoms with Gasteiger partial charge in [0.25, 0.3) is 5.91 Å². The van der Waals surface area contributed by atoms with Gasteiger partial charge in [-0.15, -0.1) is 11.3 Å². The second-order valence-corrected chi connectivity index (χ2v) is 10.0. The zero-order valence-corrected chi connectivity index (χ0v) is 18.0. The molecule has 0 saturated carbocycles. The lowest BCUT2D eigenvalue weighted by Crippen LogP contribution is -2.22. The Labute approximate surface area is 178 Å². The number of hydrogen-bond acceptors (Lipinski definition) is 5. The lowest BCUT2D eigenvalue weighted by Gasteiger charge is -2.11. The van der Waals surface area contributed by atoms with E-state index in [-0.39, 0.29) is 10.8 Å². The normalized spacial score (nSPS) is 11.7. The molecule has 0 spiro atoms. The number of para-hydroxylation sites is 1. The number of carbonyl (C=O) groups is 1. The molecule has 0 bridgehead atoms. The first-order valence-electron chi connectivity index (χ1n) is 9.14.